The van der Waals surface area contributed by atoms with E-state index in [0.717, 1.165) is 24.6 Å². The highest BCUT2D eigenvalue weighted by Gasteiger charge is 2.20. The third-order valence-electron chi connectivity index (χ3n) is 9.01. The van der Waals surface area contributed by atoms with Crippen LogP contribution in [0.3, 0.4) is 0 Å². The van der Waals surface area contributed by atoms with E-state index in [0.29, 0.717) is 6.61 Å². The lowest BCUT2D eigenvalue weighted by atomic mass is 9.78. The van der Waals surface area contributed by atoms with Crippen molar-refractivity contribution in [3.05, 3.63) is 12.8 Å². The van der Waals surface area contributed by atoms with Crippen molar-refractivity contribution in [2.75, 3.05) is 26.2 Å². The summed E-state index contributed by atoms with van der Waals surface area (Å²) in [5, 5.41) is 23.7. The van der Waals surface area contributed by atoms with Crippen molar-refractivity contribution in [1.29, 1.82) is 0 Å². The molecule has 5 heteroatoms. The number of hydrogen-bond donors (Lipinski definition) is 3. The van der Waals surface area contributed by atoms with Gasteiger partial charge in [-0.05, 0) is 37.8 Å². The largest absolute Gasteiger partial charge is 0.516 e. The average Bonchev–Trinajstić information content (AvgIpc) is 3.03. The van der Waals surface area contributed by atoms with E-state index in [2.05, 4.69) is 25.3 Å². The van der Waals surface area contributed by atoms with Crippen LogP contribution < -0.4 is 0 Å². The Bertz CT molecular complexity index is 502. The summed E-state index contributed by atoms with van der Waals surface area (Å²) in [7, 11) is 0. The van der Waals surface area contributed by atoms with Crippen LogP contribution in [-0.2, 0) is 4.79 Å². The Morgan fingerprint density at radius 2 is 0.841 bits per heavy atom. The summed E-state index contributed by atoms with van der Waals surface area (Å²) in [5.41, 5.74) is 0. The van der Waals surface area contributed by atoms with Crippen LogP contribution in [0.5, 0.6) is 0 Å². The molecular formula is C39H81NO4. The van der Waals surface area contributed by atoms with E-state index in [1.54, 1.807) is 0 Å². The van der Waals surface area contributed by atoms with E-state index >= 15 is 0 Å². The topological polar surface area (TPSA) is 81.0 Å². The molecule has 1 aliphatic rings. The first kappa shape index (κ1) is 47.3. The van der Waals surface area contributed by atoms with E-state index in [1.807, 2.05) is 13.8 Å². The van der Waals surface area contributed by atoms with Crippen molar-refractivity contribution in [3.8, 4) is 0 Å². The highest BCUT2D eigenvalue weighted by molar-refractivity contribution is 5.32. The molecule has 1 saturated carbocycles. The van der Waals surface area contributed by atoms with Gasteiger partial charge in [-0.25, -0.2) is 0 Å². The Kier molecular flexibility index (Phi) is 47.4. The Morgan fingerprint density at radius 1 is 0.568 bits per heavy atom. The summed E-state index contributed by atoms with van der Waals surface area (Å²) in [6.45, 7) is 14.9. The lowest BCUT2D eigenvalue weighted by Crippen LogP contribution is -2.29. The normalized spacial score (nSPS) is 15.7. The van der Waals surface area contributed by atoms with Crippen LogP contribution in [0.2, 0.25) is 0 Å². The Labute approximate surface area is 276 Å². The maximum atomic E-state index is 9.47. The number of carboxylic acid groups (broad SMARTS) is 1. The molecule has 0 aromatic heterocycles. The molecule has 1 fully saturated rings. The minimum atomic E-state index is -0.250. The summed E-state index contributed by atoms with van der Waals surface area (Å²) in [5.74, 6) is 2.08. The van der Waals surface area contributed by atoms with Crippen molar-refractivity contribution in [1.82, 2.24) is 4.90 Å². The fourth-order valence-corrected chi connectivity index (χ4v) is 6.44. The Hall–Kier alpha value is -1.07. The smallest absolute Gasteiger partial charge is 0.290 e. The maximum Gasteiger partial charge on any atom is 0.290 e. The fourth-order valence-electron chi connectivity index (χ4n) is 6.44. The zero-order valence-corrected chi connectivity index (χ0v) is 30.4. The van der Waals surface area contributed by atoms with Crippen LogP contribution >= 0.6 is 0 Å². The summed E-state index contributed by atoms with van der Waals surface area (Å²) in [4.78, 5) is 10.9. The first-order chi connectivity index (χ1) is 21.6. The molecule has 0 heterocycles. The van der Waals surface area contributed by atoms with E-state index < -0.39 is 0 Å². The lowest BCUT2D eigenvalue weighted by molar-refractivity contribution is -0.122. The Balaban J connectivity index is -0.00000189. The summed E-state index contributed by atoms with van der Waals surface area (Å²) >= 11 is 0. The van der Waals surface area contributed by atoms with Gasteiger partial charge in [0.25, 0.3) is 6.47 Å². The molecule has 1 rings (SSSR count). The number of hydrogen-bond acceptors (Lipinski definition) is 4. The number of aliphatic hydroxyl groups is 2. The van der Waals surface area contributed by atoms with Crippen LogP contribution in [-0.4, -0.2) is 52.9 Å². The second-order valence-corrected chi connectivity index (χ2v) is 12.7. The highest BCUT2D eigenvalue weighted by atomic mass is 16.3. The Morgan fingerprint density at radius 3 is 1.18 bits per heavy atom. The monoisotopic (exact) mass is 628 g/mol. The molecular weight excluding hydrogens is 546 g/mol. The van der Waals surface area contributed by atoms with E-state index in [1.165, 1.54) is 180 Å². The maximum absolute atomic E-state index is 9.47. The first-order valence-electron chi connectivity index (χ1n) is 19.3. The molecule has 0 aliphatic heterocycles. The first-order valence-corrected chi connectivity index (χ1v) is 19.3. The molecule has 5 nitrogen and oxygen atoms in total. The van der Waals surface area contributed by atoms with Gasteiger partial charge in [-0.2, -0.15) is 0 Å². The van der Waals surface area contributed by atoms with Gasteiger partial charge in [0.2, 0.25) is 0 Å². The van der Waals surface area contributed by atoms with Gasteiger partial charge in [-0.3, -0.25) is 4.79 Å². The average molecular weight is 628 g/mol. The lowest BCUT2D eigenvalue weighted by Gasteiger charge is -2.28. The summed E-state index contributed by atoms with van der Waals surface area (Å²) < 4.78 is 0. The van der Waals surface area contributed by atoms with Crippen LogP contribution in [0.4, 0.5) is 0 Å². The molecule has 0 aromatic carbocycles. The molecule has 0 spiro atoms. The highest BCUT2D eigenvalue weighted by Crippen LogP contribution is 2.34. The molecule has 0 saturated heterocycles. The molecule has 3 N–H and O–H groups in total. The fraction of sp³-hybridized carbons (Fsp3) is 0.923. The van der Waals surface area contributed by atoms with Crippen LogP contribution in [0.1, 0.15) is 195 Å². The van der Waals surface area contributed by atoms with Gasteiger partial charge < -0.3 is 20.2 Å². The van der Waals surface area contributed by atoms with Crippen LogP contribution in [0.15, 0.2) is 12.8 Å². The molecule has 0 bridgehead atoms. The molecule has 44 heavy (non-hydrogen) atoms. The molecule has 0 radical (unpaired) electrons. The zero-order valence-electron chi connectivity index (χ0n) is 30.4. The standard InChI is InChI=1S/C34H69NO.C2H4O.C2H6.CH2O2/c1-3-5-7-8-9-10-11-12-13-14-15-16-17-21-29-35(31-32-36)30-22-18-20-24-34-27-25-33(26-28-34)23-19-6-4-2;1-2-3;1-2;2-1-3/h33-34,36H,3-32H2,1-2H3;2-3H,1H2;1-2H3;1H,(H,2,3). The minimum Gasteiger partial charge on any atom is -0.516 e. The van der Waals surface area contributed by atoms with Crippen molar-refractivity contribution >= 4 is 6.47 Å². The van der Waals surface area contributed by atoms with Gasteiger partial charge in [-0.1, -0.05) is 188 Å². The molecule has 0 unspecified atom stereocenters. The van der Waals surface area contributed by atoms with Gasteiger partial charge in [0.15, 0.2) is 0 Å². The number of nitrogens with zero attached hydrogens (tertiary/aromatic N) is 1. The van der Waals surface area contributed by atoms with Crippen molar-refractivity contribution in [2.45, 2.75) is 195 Å². The van der Waals surface area contributed by atoms with Gasteiger partial charge in [-0.15, -0.1) is 0 Å². The minimum absolute atomic E-state index is 0.250. The number of rotatable bonds is 27. The predicted molar refractivity (Wildman–Crippen MR) is 195 cm³/mol. The van der Waals surface area contributed by atoms with E-state index in [-0.39, 0.29) is 6.47 Å². The second-order valence-electron chi connectivity index (χ2n) is 12.7. The summed E-state index contributed by atoms with van der Waals surface area (Å²) in [6.07, 6.45) is 38.1. The molecule has 1 aliphatic carbocycles. The molecule has 0 amide bonds. The van der Waals surface area contributed by atoms with Crippen LogP contribution in [0, 0.1) is 11.8 Å². The molecule has 0 atom stereocenters. The van der Waals surface area contributed by atoms with Crippen molar-refractivity contribution < 1.29 is 20.1 Å². The second kappa shape index (κ2) is 44.1. The number of aliphatic hydroxyl groups excluding tert-OH is 2. The SMILES string of the molecule is C=CO.CC.CCCCCCCCCCCCCCCCN(CCO)CCCCCC1CCC(CCCCC)CC1.O=CO. The number of unbranched alkanes of at least 4 members (excludes halogenated alkanes) is 17. The molecule has 266 valence electrons. The van der Waals surface area contributed by atoms with E-state index in [4.69, 9.17) is 15.0 Å². The van der Waals surface area contributed by atoms with Gasteiger partial charge >= 0.3 is 0 Å². The van der Waals surface area contributed by atoms with Crippen molar-refractivity contribution in [2.24, 2.45) is 11.8 Å². The van der Waals surface area contributed by atoms with Crippen LogP contribution in [0.25, 0.3) is 0 Å². The van der Waals surface area contributed by atoms with E-state index in [9.17, 15) is 5.11 Å². The van der Waals surface area contributed by atoms with Gasteiger partial charge in [0.05, 0.1) is 12.9 Å². The van der Waals surface area contributed by atoms with Crippen molar-refractivity contribution in [3.63, 3.8) is 0 Å². The zero-order chi connectivity index (χ0) is 33.4. The number of carbonyl (C=O) groups is 1. The molecule has 0 aromatic rings. The van der Waals surface area contributed by atoms with Gasteiger partial charge in [0, 0.05) is 6.54 Å². The quantitative estimate of drug-likeness (QED) is 0.0479. The predicted octanol–water partition coefficient (Wildman–Crippen LogP) is 12.1. The third-order valence-corrected chi connectivity index (χ3v) is 9.01. The van der Waals surface area contributed by atoms with Gasteiger partial charge in [0.1, 0.15) is 0 Å². The summed E-state index contributed by atoms with van der Waals surface area (Å²) in [6, 6.07) is 0. The third kappa shape index (κ3) is 39.0.